The maximum atomic E-state index is 10.7. The Bertz CT molecular complexity index is 260. The molecule has 4 nitrogen and oxygen atoms in total. The predicted octanol–water partition coefficient (Wildman–Crippen LogP) is 0.680. The molecule has 2 aliphatic heterocycles. The smallest absolute Gasteiger partial charge is 0.0900 e. The van der Waals surface area contributed by atoms with E-state index in [-0.39, 0.29) is 6.61 Å². The number of aliphatic hydroxyl groups excluding tert-OH is 1. The number of rotatable bonds is 4. The highest BCUT2D eigenvalue weighted by Crippen LogP contribution is 2.26. The second kappa shape index (κ2) is 6.33. The molecule has 0 radical (unpaired) electrons. The maximum Gasteiger partial charge on any atom is 0.0900 e. The van der Waals surface area contributed by atoms with E-state index in [9.17, 15) is 5.11 Å². The van der Waals surface area contributed by atoms with E-state index in [1.807, 2.05) is 0 Å². The molecule has 106 valence electrons. The topological polar surface area (TPSA) is 46.9 Å². The summed E-state index contributed by atoms with van der Waals surface area (Å²) < 4.78 is 0. The number of piperidine rings is 2. The van der Waals surface area contributed by atoms with E-state index in [0.29, 0.717) is 6.04 Å². The lowest BCUT2D eigenvalue weighted by molar-refractivity contribution is -0.0614. The van der Waals surface area contributed by atoms with Crippen molar-refractivity contribution in [2.45, 2.75) is 50.2 Å². The maximum absolute atomic E-state index is 10.7. The number of hydrogen-bond donors (Lipinski definition) is 2. The molecule has 2 heterocycles. The van der Waals surface area contributed by atoms with Crippen LogP contribution < -0.4 is 0 Å². The molecule has 2 rings (SSSR count). The standard InChI is InChI=1S/C14H28N2O2/c1-15-8-4-7-14(18,11-15)12-16-9-3-2-5-13(16)6-10-17/h13,17-18H,2-12H2,1H3. The van der Waals surface area contributed by atoms with Crippen molar-refractivity contribution in [3.05, 3.63) is 0 Å². The van der Waals surface area contributed by atoms with Crippen molar-refractivity contribution in [1.29, 1.82) is 0 Å². The SMILES string of the molecule is CN1CCCC(O)(CN2CCCCC2CCO)C1. The van der Waals surface area contributed by atoms with Crippen LogP contribution in [0.4, 0.5) is 0 Å². The summed E-state index contributed by atoms with van der Waals surface area (Å²) in [5.74, 6) is 0. The fourth-order valence-electron chi connectivity index (χ4n) is 3.59. The normalized spacial score (nSPS) is 35.8. The van der Waals surface area contributed by atoms with Crippen molar-refractivity contribution >= 4 is 0 Å². The molecule has 0 aromatic carbocycles. The largest absolute Gasteiger partial charge is 0.396 e. The van der Waals surface area contributed by atoms with Crippen molar-refractivity contribution in [3.63, 3.8) is 0 Å². The number of nitrogens with zero attached hydrogens (tertiary/aromatic N) is 2. The molecular weight excluding hydrogens is 228 g/mol. The first kappa shape index (κ1) is 14.3. The van der Waals surface area contributed by atoms with Gasteiger partial charge in [-0.15, -0.1) is 0 Å². The van der Waals surface area contributed by atoms with Gasteiger partial charge in [-0.25, -0.2) is 0 Å². The van der Waals surface area contributed by atoms with Gasteiger partial charge in [-0.05, 0) is 52.2 Å². The fraction of sp³-hybridized carbons (Fsp3) is 1.00. The van der Waals surface area contributed by atoms with Crippen LogP contribution in [0.3, 0.4) is 0 Å². The summed E-state index contributed by atoms with van der Waals surface area (Å²) in [6, 6.07) is 0.472. The molecule has 2 aliphatic rings. The zero-order chi connectivity index (χ0) is 13.0. The Morgan fingerprint density at radius 2 is 2.06 bits per heavy atom. The van der Waals surface area contributed by atoms with Gasteiger partial charge in [0.2, 0.25) is 0 Å². The summed E-state index contributed by atoms with van der Waals surface area (Å²) in [6.45, 7) is 4.01. The molecule has 0 saturated carbocycles. The minimum absolute atomic E-state index is 0.263. The molecule has 4 heteroatoms. The molecule has 2 saturated heterocycles. The first-order valence-electron chi connectivity index (χ1n) is 7.39. The molecule has 0 aliphatic carbocycles. The summed E-state index contributed by atoms with van der Waals surface area (Å²) >= 11 is 0. The Morgan fingerprint density at radius 1 is 1.22 bits per heavy atom. The van der Waals surface area contributed by atoms with Gasteiger partial charge in [0.25, 0.3) is 0 Å². The van der Waals surface area contributed by atoms with Crippen LogP contribution in [0.25, 0.3) is 0 Å². The van der Waals surface area contributed by atoms with Crippen LogP contribution in [0, 0.1) is 0 Å². The van der Waals surface area contributed by atoms with Crippen molar-refractivity contribution in [2.24, 2.45) is 0 Å². The van der Waals surface area contributed by atoms with Crippen LogP contribution in [0.5, 0.6) is 0 Å². The average molecular weight is 256 g/mol. The van der Waals surface area contributed by atoms with Gasteiger partial charge in [-0.1, -0.05) is 6.42 Å². The number of hydrogen-bond acceptors (Lipinski definition) is 4. The van der Waals surface area contributed by atoms with Gasteiger partial charge in [-0.2, -0.15) is 0 Å². The van der Waals surface area contributed by atoms with E-state index in [1.165, 1.54) is 19.3 Å². The summed E-state index contributed by atoms with van der Waals surface area (Å²) in [5.41, 5.74) is -0.544. The van der Waals surface area contributed by atoms with Crippen LogP contribution in [-0.4, -0.2) is 71.5 Å². The Kier molecular flexibility index (Phi) is 5.01. The highest BCUT2D eigenvalue weighted by atomic mass is 16.3. The molecule has 2 atom stereocenters. The third kappa shape index (κ3) is 3.67. The molecule has 0 aromatic heterocycles. The minimum Gasteiger partial charge on any atom is -0.396 e. The molecule has 18 heavy (non-hydrogen) atoms. The summed E-state index contributed by atoms with van der Waals surface area (Å²) in [5, 5.41) is 19.9. The highest BCUT2D eigenvalue weighted by Gasteiger charge is 2.36. The fourth-order valence-corrected chi connectivity index (χ4v) is 3.59. The van der Waals surface area contributed by atoms with Crippen molar-refractivity contribution in [2.75, 3.05) is 39.8 Å². The molecule has 2 fully saturated rings. The first-order valence-corrected chi connectivity index (χ1v) is 7.39. The van der Waals surface area contributed by atoms with Gasteiger partial charge in [0.15, 0.2) is 0 Å². The Hall–Kier alpha value is -0.160. The average Bonchev–Trinajstić information content (AvgIpc) is 2.31. The van der Waals surface area contributed by atoms with E-state index in [0.717, 1.165) is 45.4 Å². The lowest BCUT2D eigenvalue weighted by Crippen LogP contribution is -2.56. The molecule has 2 unspecified atom stereocenters. The van der Waals surface area contributed by atoms with Gasteiger partial charge >= 0.3 is 0 Å². The van der Waals surface area contributed by atoms with Gasteiger partial charge in [0, 0.05) is 25.7 Å². The van der Waals surface area contributed by atoms with E-state index >= 15 is 0 Å². The van der Waals surface area contributed by atoms with Crippen LogP contribution in [-0.2, 0) is 0 Å². The monoisotopic (exact) mass is 256 g/mol. The number of β-amino-alcohol motifs (C(OH)–C–C–N with tert-alkyl or cyclic N) is 1. The molecule has 0 spiro atoms. The lowest BCUT2D eigenvalue weighted by Gasteiger charge is -2.44. The summed E-state index contributed by atoms with van der Waals surface area (Å²) in [4.78, 5) is 4.65. The van der Waals surface area contributed by atoms with Crippen molar-refractivity contribution in [3.8, 4) is 0 Å². The van der Waals surface area contributed by atoms with Crippen molar-refractivity contribution in [1.82, 2.24) is 9.80 Å². The zero-order valence-electron chi connectivity index (χ0n) is 11.6. The second-order valence-electron chi connectivity index (χ2n) is 6.20. The van der Waals surface area contributed by atoms with Crippen LogP contribution in [0.2, 0.25) is 0 Å². The third-order valence-corrected chi connectivity index (χ3v) is 4.46. The van der Waals surface area contributed by atoms with E-state index < -0.39 is 5.60 Å². The summed E-state index contributed by atoms with van der Waals surface area (Å²) in [7, 11) is 2.09. The van der Waals surface area contributed by atoms with Gasteiger partial charge in [-0.3, -0.25) is 4.90 Å². The summed E-state index contributed by atoms with van der Waals surface area (Å²) in [6.07, 6.45) is 6.52. The van der Waals surface area contributed by atoms with E-state index in [4.69, 9.17) is 5.11 Å². The number of likely N-dealkylation sites (N-methyl/N-ethyl adjacent to an activating group) is 1. The van der Waals surface area contributed by atoms with Crippen LogP contribution in [0.15, 0.2) is 0 Å². The van der Waals surface area contributed by atoms with Gasteiger partial charge < -0.3 is 15.1 Å². The minimum atomic E-state index is -0.544. The van der Waals surface area contributed by atoms with E-state index in [1.54, 1.807) is 0 Å². The Morgan fingerprint density at radius 3 is 2.78 bits per heavy atom. The first-order chi connectivity index (χ1) is 8.63. The van der Waals surface area contributed by atoms with Gasteiger partial charge in [0.1, 0.15) is 0 Å². The van der Waals surface area contributed by atoms with Crippen LogP contribution >= 0.6 is 0 Å². The molecule has 0 aromatic rings. The Balaban J connectivity index is 1.92. The quantitative estimate of drug-likeness (QED) is 0.776. The molecule has 0 amide bonds. The zero-order valence-corrected chi connectivity index (χ0v) is 11.6. The lowest BCUT2D eigenvalue weighted by atomic mass is 9.90. The number of likely N-dealkylation sites (tertiary alicyclic amines) is 2. The van der Waals surface area contributed by atoms with Crippen molar-refractivity contribution < 1.29 is 10.2 Å². The van der Waals surface area contributed by atoms with E-state index in [2.05, 4.69) is 16.8 Å². The molecular formula is C14H28N2O2. The number of aliphatic hydroxyl groups is 2. The highest BCUT2D eigenvalue weighted by molar-refractivity contribution is 4.91. The second-order valence-corrected chi connectivity index (χ2v) is 6.20. The molecule has 0 bridgehead atoms. The Labute approximate surface area is 111 Å². The van der Waals surface area contributed by atoms with Gasteiger partial charge in [0.05, 0.1) is 5.60 Å². The van der Waals surface area contributed by atoms with Crippen LogP contribution in [0.1, 0.15) is 38.5 Å². The predicted molar refractivity (Wildman–Crippen MR) is 72.6 cm³/mol. The third-order valence-electron chi connectivity index (χ3n) is 4.46. The molecule has 2 N–H and O–H groups in total.